The van der Waals surface area contributed by atoms with Gasteiger partial charge in [0, 0.05) is 16.1 Å². The lowest BCUT2D eigenvalue weighted by Gasteiger charge is -2.10. The molecule has 0 saturated carbocycles. The molecular weight excluding hydrogens is 363 g/mol. The van der Waals surface area contributed by atoms with E-state index in [1.165, 1.54) is 18.2 Å². The van der Waals surface area contributed by atoms with Crippen molar-refractivity contribution >= 4 is 39.6 Å². The average Bonchev–Trinajstić information content (AvgIpc) is 2.43. The van der Waals surface area contributed by atoms with E-state index in [4.69, 9.17) is 21.4 Å². The van der Waals surface area contributed by atoms with Gasteiger partial charge in [0.2, 0.25) is 0 Å². The van der Waals surface area contributed by atoms with Crippen molar-refractivity contribution in [1.29, 1.82) is 0 Å². The minimum Gasteiger partial charge on any atom is -0.478 e. The molecule has 6 heteroatoms. The van der Waals surface area contributed by atoms with Crippen LogP contribution in [0.4, 0.5) is 4.39 Å². The van der Waals surface area contributed by atoms with Gasteiger partial charge in [0.25, 0.3) is 0 Å². The molecule has 21 heavy (non-hydrogen) atoms. The van der Waals surface area contributed by atoms with Crippen molar-refractivity contribution in [2.75, 3.05) is 0 Å². The Hall–Kier alpha value is -1.85. The van der Waals surface area contributed by atoms with Gasteiger partial charge >= 0.3 is 5.97 Å². The second-order valence-corrected chi connectivity index (χ2v) is 5.33. The quantitative estimate of drug-likeness (QED) is 0.758. The van der Waals surface area contributed by atoms with Gasteiger partial charge in [0.1, 0.15) is 5.75 Å². The third-order valence-electron chi connectivity index (χ3n) is 2.51. The molecule has 0 aliphatic carbocycles. The first-order valence-corrected chi connectivity index (χ1v) is 6.97. The Morgan fingerprint density at radius 1 is 1.29 bits per heavy atom. The van der Waals surface area contributed by atoms with E-state index in [-0.39, 0.29) is 10.8 Å². The molecule has 0 fully saturated rings. The molecule has 2 aromatic carbocycles. The first-order chi connectivity index (χ1) is 9.97. The molecule has 2 aromatic rings. The van der Waals surface area contributed by atoms with Crippen molar-refractivity contribution in [3.63, 3.8) is 0 Å². The topological polar surface area (TPSA) is 46.5 Å². The van der Waals surface area contributed by atoms with Gasteiger partial charge in [-0.1, -0.05) is 33.6 Å². The van der Waals surface area contributed by atoms with E-state index in [0.29, 0.717) is 11.3 Å². The summed E-state index contributed by atoms with van der Waals surface area (Å²) in [5.74, 6) is -1.48. The molecule has 0 unspecified atom stereocenters. The molecule has 0 radical (unpaired) electrons. The SMILES string of the molecule is O=C(O)/C=C/c1cc(Br)ccc1Oc1cccc(Cl)c1F. The number of carbonyl (C=O) groups is 1. The zero-order valence-corrected chi connectivity index (χ0v) is 12.9. The van der Waals surface area contributed by atoms with E-state index >= 15 is 0 Å². The van der Waals surface area contributed by atoms with E-state index in [9.17, 15) is 9.18 Å². The summed E-state index contributed by atoms with van der Waals surface area (Å²) in [5.41, 5.74) is 0.492. The smallest absolute Gasteiger partial charge is 0.328 e. The van der Waals surface area contributed by atoms with Crippen molar-refractivity contribution < 1.29 is 19.0 Å². The summed E-state index contributed by atoms with van der Waals surface area (Å²) in [5, 5.41) is 8.64. The largest absolute Gasteiger partial charge is 0.478 e. The number of aliphatic carboxylic acids is 1. The highest BCUT2D eigenvalue weighted by molar-refractivity contribution is 9.10. The third kappa shape index (κ3) is 4.06. The highest BCUT2D eigenvalue weighted by Crippen LogP contribution is 2.32. The molecule has 0 amide bonds. The van der Waals surface area contributed by atoms with Gasteiger partial charge in [0.15, 0.2) is 11.6 Å². The molecule has 0 heterocycles. The summed E-state index contributed by atoms with van der Waals surface area (Å²) >= 11 is 8.98. The Balaban J connectivity index is 2.39. The predicted octanol–water partition coefficient (Wildman–Crippen LogP) is 5.13. The highest BCUT2D eigenvalue weighted by Gasteiger charge is 2.10. The second kappa shape index (κ2) is 6.74. The van der Waals surface area contributed by atoms with Crippen LogP contribution in [0.1, 0.15) is 5.56 Å². The van der Waals surface area contributed by atoms with Crippen LogP contribution >= 0.6 is 27.5 Å². The van der Waals surface area contributed by atoms with Gasteiger partial charge in [-0.2, -0.15) is 0 Å². The maximum absolute atomic E-state index is 13.8. The number of hydrogen-bond donors (Lipinski definition) is 1. The fourth-order valence-electron chi connectivity index (χ4n) is 1.58. The Morgan fingerprint density at radius 3 is 2.76 bits per heavy atom. The van der Waals surface area contributed by atoms with Crippen LogP contribution in [-0.2, 0) is 4.79 Å². The fraction of sp³-hybridized carbons (Fsp3) is 0. The minimum atomic E-state index is -1.09. The van der Waals surface area contributed by atoms with Gasteiger partial charge in [-0.05, 0) is 36.4 Å². The monoisotopic (exact) mass is 370 g/mol. The Labute approximate surface area is 133 Å². The summed E-state index contributed by atoms with van der Waals surface area (Å²) in [6, 6.07) is 9.38. The zero-order chi connectivity index (χ0) is 15.4. The summed E-state index contributed by atoms with van der Waals surface area (Å²) in [6.45, 7) is 0. The van der Waals surface area contributed by atoms with Crippen molar-refractivity contribution in [3.05, 3.63) is 63.4 Å². The number of rotatable bonds is 4. The molecule has 3 nitrogen and oxygen atoms in total. The van der Waals surface area contributed by atoms with E-state index in [0.717, 1.165) is 10.5 Å². The van der Waals surface area contributed by atoms with Crippen LogP contribution in [-0.4, -0.2) is 11.1 Å². The Bertz CT molecular complexity index is 716. The van der Waals surface area contributed by atoms with Gasteiger partial charge in [0.05, 0.1) is 5.02 Å². The maximum Gasteiger partial charge on any atom is 0.328 e. The molecule has 0 saturated heterocycles. The summed E-state index contributed by atoms with van der Waals surface area (Å²) in [7, 11) is 0. The van der Waals surface area contributed by atoms with Gasteiger partial charge in [-0.25, -0.2) is 9.18 Å². The maximum atomic E-state index is 13.8. The number of ether oxygens (including phenoxy) is 1. The normalized spacial score (nSPS) is 10.8. The lowest BCUT2D eigenvalue weighted by Crippen LogP contribution is -1.92. The van der Waals surface area contributed by atoms with Crippen molar-refractivity contribution in [2.45, 2.75) is 0 Å². The number of carboxylic acids is 1. The second-order valence-electron chi connectivity index (χ2n) is 4.01. The molecule has 1 N–H and O–H groups in total. The van der Waals surface area contributed by atoms with Crippen LogP contribution < -0.4 is 4.74 Å². The number of benzene rings is 2. The van der Waals surface area contributed by atoms with Crippen molar-refractivity contribution in [2.24, 2.45) is 0 Å². The zero-order valence-electron chi connectivity index (χ0n) is 10.5. The first kappa shape index (κ1) is 15.5. The van der Waals surface area contributed by atoms with Crippen molar-refractivity contribution in [3.8, 4) is 11.5 Å². The van der Waals surface area contributed by atoms with Crippen molar-refractivity contribution in [1.82, 2.24) is 0 Å². The average molecular weight is 372 g/mol. The van der Waals surface area contributed by atoms with Crippen LogP contribution in [0.15, 0.2) is 46.9 Å². The number of hydrogen-bond acceptors (Lipinski definition) is 2. The van der Waals surface area contributed by atoms with Gasteiger partial charge in [-0.3, -0.25) is 0 Å². The van der Waals surface area contributed by atoms with Crippen LogP contribution in [0.5, 0.6) is 11.5 Å². The number of halogens is 3. The summed E-state index contributed by atoms with van der Waals surface area (Å²) in [4.78, 5) is 10.6. The Morgan fingerprint density at radius 2 is 2.05 bits per heavy atom. The number of carboxylic acid groups (broad SMARTS) is 1. The van der Waals surface area contributed by atoms with E-state index in [1.807, 2.05) is 0 Å². The lowest BCUT2D eigenvalue weighted by molar-refractivity contribution is -0.131. The van der Waals surface area contributed by atoms with Gasteiger partial charge < -0.3 is 9.84 Å². The standard InChI is InChI=1S/C15H9BrClFO3/c16-10-5-6-12(9(8-10)4-7-14(19)20)21-13-3-1-2-11(17)15(13)18/h1-8H,(H,19,20)/b7-4+. The van der Waals surface area contributed by atoms with E-state index < -0.39 is 11.8 Å². The molecule has 0 aromatic heterocycles. The van der Waals surface area contributed by atoms with E-state index in [2.05, 4.69) is 15.9 Å². The third-order valence-corrected chi connectivity index (χ3v) is 3.30. The highest BCUT2D eigenvalue weighted by atomic mass is 79.9. The summed E-state index contributed by atoms with van der Waals surface area (Å²) in [6.07, 6.45) is 2.34. The molecular formula is C15H9BrClFO3. The molecule has 0 atom stereocenters. The Kier molecular flexibility index (Phi) is 4.98. The molecule has 0 aliphatic heterocycles. The molecule has 108 valence electrons. The minimum absolute atomic E-state index is 0.0326. The molecule has 0 aliphatic rings. The lowest BCUT2D eigenvalue weighted by atomic mass is 10.2. The van der Waals surface area contributed by atoms with Crippen LogP contribution in [0, 0.1) is 5.82 Å². The van der Waals surface area contributed by atoms with Crippen LogP contribution in [0.25, 0.3) is 6.08 Å². The summed E-state index contributed by atoms with van der Waals surface area (Å²) < 4.78 is 20.1. The molecule has 2 rings (SSSR count). The van der Waals surface area contributed by atoms with Gasteiger partial charge in [-0.15, -0.1) is 0 Å². The van der Waals surface area contributed by atoms with Crippen LogP contribution in [0.3, 0.4) is 0 Å². The molecule has 0 spiro atoms. The molecule has 0 bridgehead atoms. The predicted molar refractivity (Wildman–Crippen MR) is 82.3 cm³/mol. The van der Waals surface area contributed by atoms with E-state index in [1.54, 1.807) is 24.3 Å². The fourth-order valence-corrected chi connectivity index (χ4v) is 2.13. The van der Waals surface area contributed by atoms with Crippen LogP contribution in [0.2, 0.25) is 5.02 Å². The first-order valence-electron chi connectivity index (χ1n) is 5.80.